The SMILES string of the molecule is COc1cc(/C=C2/SC(=S)N(c3cccc(Cl)c3)C2=O)ccc1OC(=O)c1cccs1. The average Bonchev–Trinajstić information content (AvgIpc) is 3.38. The van der Waals surface area contributed by atoms with Gasteiger partial charge in [0.2, 0.25) is 0 Å². The summed E-state index contributed by atoms with van der Waals surface area (Å²) in [5.74, 6) is -0.0126. The number of carbonyl (C=O) groups excluding carboxylic acids is 2. The van der Waals surface area contributed by atoms with Crippen molar-refractivity contribution >= 4 is 74.9 Å². The number of benzene rings is 2. The smallest absolute Gasteiger partial charge is 0.353 e. The summed E-state index contributed by atoms with van der Waals surface area (Å²) in [6.45, 7) is 0. The third-order valence-corrected chi connectivity index (χ3v) is 6.66. The van der Waals surface area contributed by atoms with Crippen LogP contribution in [-0.2, 0) is 4.79 Å². The number of thioether (sulfide) groups is 1. The number of anilines is 1. The molecule has 0 N–H and O–H groups in total. The van der Waals surface area contributed by atoms with E-state index in [4.69, 9.17) is 33.3 Å². The molecule has 1 aliphatic heterocycles. The molecule has 0 unspecified atom stereocenters. The molecule has 1 fully saturated rings. The minimum absolute atomic E-state index is 0.232. The van der Waals surface area contributed by atoms with E-state index < -0.39 is 5.97 Å². The highest BCUT2D eigenvalue weighted by atomic mass is 35.5. The standard InChI is InChI=1S/C22H14ClNO4S3/c1-27-17-10-13(7-8-16(17)28-21(26)18-6-3-9-30-18)11-19-20(25)24(22(29)31-19)15-5-2-4-14(23)12-15/h2-12H,1H3/b19-11+. The van der Waals surface area contributed by atoms with Crippen LogP contribution in [0, 0.1) is 0 Å². The highest BCUT2D eigenvalue weighted by molar-refractivity contribution is 8.27. The summed E-state index contributed by atoms with van der Waals surface area (Å²) < 4.78 is 11.2. The quantitative estimate of drug-likeness (QED) is 0.189. The molecule has 0 bridgehead atoms. The summed E-state index contributed by atoms with van der Waals surface area (Å²) in [5, 5.41) is 2.32. The van der Waals surface area contributed by atoms with Gasteiger partial charge in [-0.1, -0.05) is 53.8 Å². The molecular formula is C22H14ClNO4S3. The van der Waals surface area contributed by atoms with Crippen LogP contribution in [0.25, 0.3) is 6.08 Å². The monoisotopic (exact) mass is 487 g/mol. The van der Waals surface area contributed by atoms with E-state index >= 15 is 0 Å². The number of thiophene rings is 1. The summed E-state index contributed by atoms with van der Waals surface area (Å²) in [5.41, 5.74) is 1.33. The third kappa shape index (κ3) is 4.67. The van der Waals surface area contributed by atoms with Crippen molar-refractivity contribution in [3.8, 4) is 11.5 Å². The van der Waals surface area contributed by atoms with Crippen LogP contribution >= 0.6 is 46.9 Å². The largest absolute Gasteiger partial charge is 0.493 e. The lowest BCUT2D eigenvalue weighted by molar-refractivity contribution is -0.113. The Hall–Kier alpha value is -2.65. The van der Waals surface area contributed by atoms with Gasteiger partial charge in [-0.3, -0.25) is 9.69 Å². The Morgan fingerprint density at radius 3 is 2.68 bits per heavy atom. The van der Waals surface area contributed by atoms with Crippen LogP contribution in [0.5, 0.6) is 11.5 Å². The summed E-state index contributed by atoms with van der Waals surface area (Å²) >= 11 is 13.9. The fourth-order valence-corrected chi connectivity index (χ4v) is 4.94. The summed E-state index contributed by atoms with van der Waals surface area (Å²) in [4.78, 5) is 27.6. The van der Waals surface area contributed by atoms with E-state index in [1.54, 1.807) is 66.1 Å². The first-order chi connectivity index (χ1) is 15.0. The fourth-order valence-electron chi connectivity index (χ4n) is 2.86. The van der Waals surface area contributed by atoms with E-state index in [1.807, 2.05) is 0 Å². The highest BCUT2D eigenvalue weighted by Gasteiger charge is 2.33. The topological polar surface area (TPSA) is 55.8 Å². The van der Waals surface area contributed by atoms with Gasteiger partial charge in [-0.2, -0.15) is 0 Å². The number of hydrogen-bond donors (Lipinski definition) is 0. The summed E-state index contributed by atoms with van der Waals surface area (Å²) in [6.07, 6.45) is 1.72. The van der Waals surface area contributed by atoms with Gasteiger partial charge in [0.1, 0.15) is 4.88 Å². The Morgan fingerprint density at radius 2 is 1.97 bits per heavy atom. The average molecular weight is 488 g/mol. The molecule has 156 valence electrons. The van der Waals surface area contributed by atoms with Gasteiger partial charge in [0.05, 0.1) is 17.7 Å². The number of carbonyl (C=O) groups is 2. The van der Waals surface area contributed by atoms with Gasteiger partial charge in [-0.05, 0) is 53.4 Å². The van der Waals surface area contributed by atoms with Gasteiger partial charge in [0.15, 0.2) is 15.8 Å². The maximum atomic E-state index is 12.9. The highest BCUT2D eigenvalue weighted by Crippen LogP contribution is 2.38. The van der Waals surface area contributed by atoms with Crippen molar-refractivity contribution in [2.45, 2.75) is 0 Å². The van der Waals surface area contributed by atoms with E-state index in [9.17, 15) is 9.59 Å². The molecular weight excluding hydrogens is 474 g/mol. The van der Waals surface area contributed by atoms with E-state index in [0.29, 0.717) is 41.9 Å². The minimum atomic E-state index is -0.455. The van der Waals surface area contributed by atoms with E-state index in [2.05, 4.69) is 0 Å². The maximum absolute atomic E-state index is 12.9. The third-order valence-electron chi connectivity index (χ3n) is 4.27. The Bertz CT molecular complexity index is 1210. The van der Waals surface area contributed by atoms with Gasteiger partial charge in [-0.25, -0.2) is 4.79 Å². The number of halogens is 1. The predicted octanol–water partition coefficient (Wildman–Crippen LogP) is 6.04. The Labute approximate surface area is 197 Å². The van der Waals surface area contributed by atoms with E-state index in [0.717, 1.165) is 0 Å². The molecule has 0 aliphatic carbocycles. The van der Waals surface area contributed by atoms with Crippen molar-refractivity contribution in [3.05, 3.63) is 80.3 Å². The molecule has 0 radical (unpaired) electrons. The number of amides is 1. The summed E-state index contributed by atoms with van der Waals surface area (Å²) in [6, 6.07) is 15.5. The van der Waals surface area contributed by atoms with Crippen LogP contribution in [0.2, 0.25) is 5.02 Å². The molecule has 1 aromatic heterocycles. The molecule has 0 spiro atoms. The number of thiocarbonyl (C=S) groups is 1. The second-order valence-electron chi connectivity index (χ2n) is 6.27. The molecule has 1 saturated heterocycles. The maximum Gasteiger partial charge on any atom is 0.353 e. The zero-order valence-corrected chi connectivity index (χ0v) is 19.2. The molecule has 0 saturated carbocycles. The first kappa shape index (κ1) is 21.6. The second kappa shape index (κ2) is 9.23. The lowest BCUT2D eigenvalue weighted by Crippen LogP contribution is -2.27. The van der Waals surface area contributed by atoms with Crippen molar-refractivity contribution in [1.82, 2.24) is 0 Å². The predicted molar refractivity (Wildman–Crippen MR) is 129 cm³/mol. The second-order valence-corrected chi connectivity index (χ2v) is 9.33. The molecule has 2 heterocycles. The van der Waals surface area contributed by atoms with Crippen LogP contribution < -0.4 is 14.4 Å². The Balaban J connectivity index is 1.58. The molecule has 4 rings (SSSR count). The van der Waals surface area contributed by atoms with Crippen molar-refractivity contribution in [1.29, 1.82) is 0 Å². The van der Waals surface area contributed by atoms with Gasteiger partial charge < -0.3 is 9.47 Å². The van der Waals surface area contributed by atoms with Crippen LogP contribution in [0.4, 0.5) is 5.69 Å². The normalized spacial score (nSPS) is 14.9. The van der Waals surface area contributed by atoms with Crippen LogP contribution in [-0.4, -0.2) is 23.3 Å². The zero-order chi connectivity index (χ0) is 22.0. The van der Waals surface area contributed by atoms with E-state index in [-0.39, 0.29) is 5.91 Å². The fraction of sp³-hybridized carbons (Fsp3) is 0.0455. The van der Waals surface area contributed by atoms with Gasteiger partial charge in [-0.15, -0.1) is 11.3 Å². The van der Waals surface area contributed by atoms with Crippen molar-refractivity contribution in [2.24, 2.45) is 0 Å². The number of nitrogens with zero attached hydrogens (tertiary/aromatic N) is 1. The van der Waals surface area contributed by atoms with Crippen molar-refractivity contribution in [3.63, 3.8) is 0 Å². The van der Waals surface area contributed by atoms with Gasteiger partial charge in [0, 0.05) is 5.02 Å². The van der Waals surface area contributed by atoms with Crippen LogP contribution in [0.3, 0.4) is 0 Å². The Kier molecular flexibility index (Phi) is 6.43. The molecule has 1 aliphatic rings. The summed E-state index contributed by atoms with van der Waals surface area (Å²) in [7, 11) is 1.49. The minimum Gasteiger partial charge on any atom is -0.493 e. The zero-order valence-electron chi connectivity index (χ0n) is 16.0. The van der Waals surface area contributed by atoms with Gasteiger partial charge >= 0.3 is 5.97 Å². The molecule has 9 heteroatoms. The van der Waals surface area contributed by atoms with Crippen LogP contribution in [0.1, 0.15) is 15.2 Å². The van der Waals surface area contributed by atoms with E-state index in [1.165, 1.54) is 35.1 Å². The molecule has 3 aromatic rings. The molecule has 5 nitrogen and oxygen atoms in total. The first-order valence-electron chi connectivity index (χ1n) is 8.93. The van der Waals surface area contributed by atoms with Crippen molar-refractivity contribution in [2.75, 3.05) is 12.0 Å². The number of rotatable bonds is 5. The van der Waals surface area contributed by atoms with Crippen LogP contribution in [0.15, 0.2) is 64.9 Å². The molecule has 0 atom stereocenters. The number of esters is 1. The van der Waals surface area contributed by atoms with Gasteiger partial charge in [0.25, 0.3) is 5.91 Å². The lowest BCUT2D eigenvalue weighted by Gasteiger charge is -2.14. The number of hydrogen-bond acceptors (Lipinski definition) is 7. The van der Waals surface area contributed by atoms with Crippen molar-refractivity contribution < 1.29 is 19.1 Å². The number of methoxy groups -OCH3 is 1. The number of ether oxygens (including phenoxy) is 2. The molecule has 1 amide bonds. The molecule has 31 heavy (non-hydrogen) atoms. The Morgan fingerprint density at radius 1 is 1.13 bits per heavy atom. The molecule has 2 aromatic carbocycles. The first-order valence-corrected chi connectivity index (χ1v) is 11.4. The lowest BCUT2D eigenvalue weighted by atomic mass is 10.1.